The summed E-state index contributed by atoms with van der Waals surface area (Å²) < 4.78 is 17.5. The van der Waals surface area contributed by atoms with Crippen molar-refractivity contribution in [2.75, 3.05) is 33.4 Å². The minimum atomic E-state index is -1.14. The highest BCUT2D eigenvalue weighted by molar-refractivity contribution is 5.84. The van der Waals surface area contributed by atoms with Gasteiger partial charge in [0, 0.05) is 25.6 Å². The first-order chi connectivity index (χ1) is 24.8. The maximum absolute atomic E-state index is 15.1. The lowest BCUT2D eigenvalue weighted by Gasteiger charge is -2.73. The van der Waals surface area contributed by atoms with Gasteiger partial charge in [-0.1, -0.05) is 41.5 Å². The van der Waals surface area contributed by atoms with E-state index < -0.39 is 11.4 Å². The predicted octanol–water partition coefficient (Wildman–Crippen LogP) is 8.93. The Balaban J connectivity index is 1.12. The van der Waals surface area contributed by atoms with Crippen molar-refractivity contribution in [1.82, 2.24) is 4.90 Å². The van der Waals surface area contributed by atoms with Crippen LogP contribution in [0.15, 0.2) is 0 Å². The molecule has 6 aliphatic carbocycles. The molecule has 0 bridgehead atoms. The molecule has 7 rings (SSSR count). The number of esters is 1. The van der Waals surface area contributed by atoms with Crippen LogP contribution in [0.3, 0.4) is 0 Å². The van der Waals surface area contributed by atoms with Crippen molar-refractivity contribution < 1.29 is 33.7 Å². The molecule has 0 aromatic heterocycles. The van der Waals surface area contributed by atoms with Crippen LogP contribution in [-0.4, -0.2) is 73.5 Å². The summed E-state index contributed by atoms with van der Waals surface area (Å²) in [5.74, 6) is 1.85. The number of hydrogen-bond donors (Lipinski definition) is 1. The largest absolute Gasteiger partial charge is 0.481 e. The minimum absolute atomic E-state index is 0.107. The fourth-order valence-electron chi connectivity index (χ4n) is 15.0. The summed E-state index contributed by atoms with van der Waals surface area (Å²) >= 11 is 0. The first-order valence-electron chi connectivity index (χ1n) is 21.6. The molecule has 1 amide bonds. The second-order valence-corrected chi connectivity index (χ2v) is 21.7. The minimum Gasteiger partial charge on any atom is -0.481 e. The van der Waals surface area contributed by atoms with Crippen molar-refractivity contribution in [3.05, 3.63) is 0 Å². The zero-order valence-corrected chi connectivity index (χ0v) is 34.8. The number of carboxylic acids is 1. The average Bonchev–Trinajstić information content (AvgIpc) is 3.71. The molecule has 0 aromatic carbocycles. The van der Waals surface area contributed by atoms with Gasteiger partial charge in [0.1, 0.15) is 6.10 Å². The summed E-state index contributed by atoms with van der Waals surface area (Å²) in [5.41, 5.74) is -0.630. The molecule has 53 heavy (non-hydrogen) atoms. The van der Waals surface area contributed by atoms with E-state index in [0.717, 1.165) is 64.5 Å². The van der Waals surface area contributed by atoms with Crippen LogP contribution in [0, 0.1) is 67.5 Å². The zero-order chi connectivity index (χ0) is 38.4. The van der Waals surface area contributed by atoms with Crippen molar-refractivity contribution in [1.29, 1.82) is 0 Å². The van der Waals surface area contributed by atoms with Crippen LogP contribution in [-0.2, 0) is 28.6 Å². The van der Waals surface area contributed by atoms with E-state index in [1.54, 1.807) is 21.0 Å². The van der Waals surface area contributed by atoms with E-state index in [0.29, 0.717) is 54.1 Å². The highest BCUT2D eigenvalue weighted by Gasteiger charge is 2.73. The second-order valence-electron chi connectivity index (χ2n) is 21.7. The molecule has 1 aliphatic heterocycles. The molecule has 10 atom stereocenters. The van der Waals surface area contributed by atoms with E-state index in [2.05, 4.69) is 46.4 Å². The van der Waals surface area contributed by atoms with Crippen molar-refractivity contribution in [3.63, 3.8) is 0 Å². The summed E-state index contributed by atoms with van der Waals surface area (Å²) in [6, 6.07) is 0. The highest BCUT2D eigenvalue weighted by atomic mass is 16.5. The van der Waals surface area contributed by atoms with Gasteiger partial charge in [0.15, 0.2) is 0 Å². The number of aliphatic carboxylic acids is 1. The molecule has 1 heterocycles. The van der Waals surface area contributed by atoms with Gasteiger partial charge in [0.05, 0.1) is 36.6 Å². The first-order valence-corrected chi connectivity index (χ1v) is 21.6. The summed E-state index contributed by atoms with van der Waals surface area (Å²) in [7, 11) is 1.72. The molecule has 0 unspecified atom stereocenters. The molecule has 1 saturated heterocycles. The van der Waals surface area contributed by atoms with Crippen molar-refractivity contribution >= 4 is 17.8 Å². The van der Waals surface area contributed by atoms with Crippen LogP contribution in [0.2, 0.25) is 0 Å². The Morgan fingerprint density at radius 1 is 0.736 bits per heavy atom. The maximum Gasteiger partial charge on any atom is 0.309 e. The number of amides is 1. The molecule has 0 spiro atoms. The van der Waals surface area contributed by atoms with Crippen LogP contribution >= 0.6 is 0 Å². The lowest BCUT2D eigenvalue weighted by molar-refractivity contribution is -0.251. The average molecular weight is 740 g/mol. The zero-order valence-electron chi connectivity index (χ0n) is 34.8. The lowest BCUT2D eigenvalue weighted by atomic mass is 9.32. The number of carboxylic acid groups (broad SMARTS) is 1. The van der Waals surface area contributed by atoms with E-state index in [1.165, 1.54) is 38.5 Å². The maximum atomic E-state index is 15.1. The molecule has 300 valence electrons. The number of likely N-dealkylation sites (tertiary alicyclic amines) is 1. The fourth-order valence-corrected chi connectivity index (χ4v) is 15.0. The Bertz CT molecular complexity index is 1430. The Morgan fingerprint density at radius 2 is 1.43 bits per heavy atom. The van der Waals surface area contributed by atoms with Gasteiger partial charge in [-0.3, -0.25) is 14.4 Å². The normalized spacial score (nSPS) is 43.2. The molecule has 0 radical (unpaired) electrons. The number of hydrogen-bond acceptors (Lipinski definition) is 6. The van der Waals surface area contributed by atoms with Crippen molar-refractivity contribution in [3.8, 4) is 0 Å². The van der Waals surface area contributed by atoms with Crippen LogP contribution in [0.5, 0.6) is 0 Å². The van der Waals surface area contributed by atoms with Crippen LogP contribution in [0.1, 0.15) is 152 Å². The third-order valence-corrected chi connectivity index (χ3v) is 18.5. The standard InChI is InChI=1S/C45H73NO7/c1-39(2,38(49)50)28-35(47)53-34-14-17-42(6)32(40(34,3)4)13-18-44(8)33(42)11-10-31-36-30(41(5)20-21-41)12-19-45(36,23-22-43(31,44)7)37(48)46-24-15-29(16-25-46)52-27-26-51-9/h29-34,36H,10-28H2,1-9H3,(H,49,50)/t30-,31-,32+,33-,34+,36-,42+,43-,44-,45+/m1/s1. The molecule has 7 fully saturated rings. The number of rotatable bonds is 10. The highest BCUT2D eigenvalue weighted by Crippen LogP contribution is 2.79. The summed E-state index contributed by atoms with van der Waals surface area (Å²) in [5, 5.41) is 9.64. The van der Waals surface area contributed by atoms with Gasteiger partial charge >= 0.3 is 11.9 Å². The van der Waals surface area contributed by atoms with E-state index in [-0.39, 0.29) is 51.7 Å². The monoisotopic (exact) mass is 740 g/mol. The van der Waals surface area contributed by atoms with E-state index in [1.807, 2.05) is 0 Å². The lowest BCUT2D eigenvalue weighted by Crippen LogP contribution is -2.67. The third kappa shape index (κ3) is 6.14. The van der Waals surface area contributed by atoms with Crippen molar-refractivity contribution in [2.45, 2.75) is 164 Å². The number of carbonyl (C=O) groups excluding carboxylic acids is 2. The van der Waals surface area contributed by atoms with Crippen molar-refractivity contribution in [2.24, 2.45) is 67.5 Å². The van der Waals surface area contributed by atoms with Gasteiger partial charge in [0.25, 0.3) is 0 Å². The summed E-state index contributed by atoms with van der Waals surface area (Å²) in [4.78, 5) is 42.3. The van der Waals surface area contributed by atoms with Crippen LogP contribution in [0.25, 0.3) is 0 Å². The first kappa shape index (κ1) is 39.6. The topological polar surface area (TPSA) is 102 Å². The molecule has 8 nitrogen and oxygen atoms in total. The van der Waals surface area contributed by atoms with Crippen LogP contribution < -0.4 is 0 Å². The predicted molar refractivity (Wildman–Crippen MR) is 205 cm³/mol. The SMILES string of the molecule is COCCOC1CCN(C(=O)[C@]23CC[C@@H](C4(C)CC4)[C@@H]2[C@H]2CC[C@@H]4[C@@]5(C)CC[C@H](OC(=O)CC(C)(C)C(=O)O)C(C)(C)[C@@H]5CC[C@@]4(C)[C@]2(C)CC3)CC1. The van der Waals surface area contributed by atoms with Gasteiger partial charge in [-0.15, -0.1) is 0 Å². The number of nitrogens with zero attached hydrogens (tertiary/aromatic N) is 1. The molecular weight excluding hydrogens is 666 g/mol. The number of ether oxygens (including phenoxy) is 3. The Labute approximate surface area is 320 Å². The molecule has 8 heteroatoms. The number of carbonyl (C=O) groups is 3. The number of fused-ring (bicyclic) bond motifs is 7. The molecular formula is C45H73NO7. The van der Waals surface area contributed by atoms with E-state index >= 15 is 4.79 Å². The van der Waals surface area contributed by atoms with Gasteiger partial charge in [-0.25, -0.2) is 0 Å². The summed E-state index contributed by atoms with van der Waals surface area (Å²) in [6.45, 7) is 21.2. The molecule has 0 aromatic rings. The quantitative estimate of drug-likeness (QED) is 0.176. The number of methoxy groups -OCH3 is 1. The fraction of sp³-hybridized carbons (Fsp3) is 0.933. The van der Waals surface area contributed by atoms with E-state index in [9.17, 15) is 14.7 Å². The Hall–Kier alpha value is -1.67. The number of piperidine rings is 1. The third-order valence-electron chi connectivity index (χ3n) is 18.5. The molecule has 6 saturated carbocycles. The summed E-state index contributed by atoms with van der Waals surface area (Å²) in [6.07, 6.45) is 15.5. The van der Waals surface area contributed by atoms with Gasteiger partial charge < -0.3 is 24.2 Å². The molecule has 7 aliphatic rings. The molecule has 1 N–H and O–H groups in total. The Morgan fingerprint density at radius 3 is 2.08 bits per heavy atom. The smallest absolute Gasteiger partial charge is 0.309 e. The van der Waals surface area contributed by atoms with Gasteiger partial charge in [0.2, 0.25) is 5.91 Å². The van der Waals surface area contributed by atoms with Crippen LogP contribution in [0.4, 0.5) is 0 Å². The van der Waals surface area contributed by atoms with Gasteiger partial charge in [-0.05, 0) is 155 Å². The second kappa shape index (κ2) is 13.5. The Kier molecular flexibility index (Phi) is 10.1. The van der Waals surface area contributed by atoms with E-state index in [4.69, 9.17) is 14.2 Å². The van der Waals surface area contributed by atoms with Gasteiger partial charge in [-0.2, -0.15) is 0 Å².